The fourth-order valence-corrected chi connectivity index (χ4v) is 2.24. The maximum Gasteiger partial charge on any atom is 0.272 e. The van der Waals surface area contributed by atoms with E-state index in [1.54, 1.807) is 24.2 Å². The maximum absolute atomic E-state index is 12.5. The minimum Gasteiger partial charge on any atom is -0.336 e. The summed E-state index contributed by atoms with van der Waals surface area (Å²) in [6, 6.07) is 11.5. The third-order valence-electron chi connectivity index (χ3n) is 3.51. The molecular formula is C16H16N4O. The van der Waals surface area contributed by atoms with E-state index in [4.69, 9.17) is 0 Å². The molecule has 0 saturated carbocycles. The summed E-state index contributed by atoms with van der Waals surface area (Å²) in [5, 5.41) is 7.87. The molecule has 3 rings (SSSR count). The molecule has 1 amide bonds. The SMILES string of the molecule is Cc1[nH]ncc1CN(C)C(=O)c1ccc2ccccc2n1. The summed E-state index contributed by atoms with van der Waals surface area (Å²) in [5.74, 6) is -0.0960. The largest absolute Gasteiger partial charge is 0.336 e. The third kappa shape index (κ3) is 2.63. The molecule has 0 spiro atoms. The second-order valence-electron chi connectivity index (χ2n) is 5.07. The van der Waals surface area contributed by atoms with Crippen LogP contribution in [0, 0.1) is 6.92 Å². The van der Waals surface area contributed by atoms with Crippen molar-refractivity contribution in [2.75, 3.05) is 7.05 Å². The Morgan fingerprint density at radius 3 is 2.81 bits per heavy atom. The number of benzene rings is 1. The van der Waals surface area contributed by atoms with Crippen LogP contribution in [-0.2, 0) is 6.54 Å². The minimum absolute atomic E-state index is 0.0960. The van der Waals surface area contributed by atoms with Gasteiger partial charge in [-0.1, -0.05) is 24.3 Å². The van der Waals surface area contributed by atoms with E-state index >= 15 is 0 Å². The highest BCUT2D eigenvalue weighted by Crippen LogP contribution is 2.14. The first kappa shape index (κ1) is 13.3. The quantitative estimate of drug-likeness (QED) is 0.802. The molecule has 2 aromatic heterocycles. The lowest BCUT2D eigenvalue weighted by molar-refractivity contribution is 0.0779. The van der Waals surface area contributed by atoms with Gasteiger partial charge in [0.1, 0.15) is 5.69 Å². The predicted molar refractivity (Wildman–Crippen MR) is 80.9 cm³/mol. The molecule has 0 aliphatic carbocycles. The van der Waals surface area contributed by atoms with Gasteiger partial charge in [-0.2, -0.15) is 5.10 Å². The number of H-pyrrole nitrogens is 1. The Kier molecular flexibility index (Phi) is 3.39. The maximum atomic E-state index is 12.5. The number of aromatic amines is 1. The number of aryl methyl sites for hydroxylation is 1. The molecule has 0 unspecified atom stereocenters. The van der Waals surface area contributed by atoms with Gasteiger partial charge in [-0.05, 0) is 19.1 Å². The summed E-state index contributed by atoms with van der Waals surface area (Å²) < 4.78 is 0. The van der Waals surface area contributed by atoms with E-state index in [0.29, 0.717) is 12.2 Å². The van der Waals surface area contributed by atoms with E-state index in [-0.39, 0.29) is 5.91 Å². The first-order valence-electron chi connectivity index (χ1n) is 6.75. The van der Waals surface area contributed by atoms with Crippen LogP contribution in [0.3, 0.4) is 0 Å². The van der Waals surface area contributed by atoms with Crippen molar-refractivity contribution in [1.82, 2.24) is 20.1 Å². The fourth-order valence-electron chi connectivity index (χ4n) is 2.24. The fraction of sp³-hybridized carbons (Fsp3) is 0.188. The number of hydrogen-bond donors (Lipinski definition) is 1. The standard InChI is InChI=1S/C16H16N4O/c1-11-13(9-17-19-11)10-20(2)16(21)15-8-7-12-5-3-4-6-14(12)18-15/h3-9H,10H2,1-2H3,(H,17,19). The average Bonchev–Trinajstić information content (AvgIpc) is 2.91. The highest BCUT2D eigenvalue weighted by Gasteiger charge is 2.15. The number of para-hydroxylation sites is 1. The van der Waals surface area contributed by atoms with Crippen LogP contribution in [0.25, 0.3) is 10.9 Å². The van der Waals surface area contributed by atoms with E-state index in [2.05, 4.69) is 15.2 Å². The molecule has 0 atom stereocenters. The Hall–Kier alpha value is -2.69. The Morgan fingerprint density at radius 1 is 1.24 bits per heavy atom. The molecule has 21 heavy (non-hydrogen) atoms. The molecule has 3 aromatic rings. The van der Waals surface area contributed by atoms with Crippen molar-refractivity contribution in [3.05, 3.63) is 59.5 Å². The third-order valence-corrected chi connectivity index (χ3v) is 3.51. The summed E-state index contributed by atoms with van der Waals surface area (Å²) in [6.45, 7) is 2.45. The topological polar surface area (TPSA) is 61.9 Å². The Balaban J connectivity index is 1.84. The summed E-state index contributed by atoms with van der Waals surface area (Å²) in [5.41, 5.74) is 3.27. The van der Waals surface area contributed by atoms with Crippen molar-refractivity contribution in [2.45, 2.75) is 13.5 Å². The Morgan fingerprint density at radius 2 is 2.05 bits per heavy atom. The number of nitrogens with zero attached hydrogens (tertiary/aromatic N) is 3. The number of carbonyl (C=O) groups excluding carboxylic acids is 1. The Bertz CT molecular complexity index is 794. The lowest BCUT2D eigenvalue weighted by atomic mass is 10.2. The van der Waals surface area contributed by atoms with Crippen molar-refractivity contribution >= 4 is 16.8 Å². The van der Waals surface area contributed by atoms with Gasteiger partial charge in [0.2, 0.25) is 0 Å². The van der Waals surface area contributed by atoms with E-state index in [0.717, 1.165) is 22.2 Å². The van der Waals surface area contributed by atoms with Gasteiger partial charge in [-0.25, -0.2) is 4.98 Å². The van der Waals surface area contributed by atoms with Gasteiger partial charge in [0.15, 0.2) is 0 Å². The van der Waals surface area contributed by atoms with Crippen LogP contribution >= 0.6 is 0 Å². The lowest BCUT2D eigenvalue weighted by Gasteiger charge is -2.16. The van der Waals surface area contributed by atoms with Gasteiger partial charge in [-0.3, -0.25) is 9.89 Å². The molecule has 0 aliphatic heterocycles. The smallest absolute Gasteiger partial charge is 0.272 e. The van der Waals surface area contributed by atoms with Crippen LogP contribution < -0.4 is 0 Å². The van der Waals surface area contributed by atoms with Crippen molar-refractivity contribution in [3.63, 3.8) is 0 Å². The molecule has 2 heterocycles. The number of carbonyl (C=O) groups is 1. The van der Waals surface area contributed by atoms with E-state index in [9.17, 15) is 4.79 Å². The van der Waals surface area contributed by atoms with Crippen LogP contribution in [0.1, 0.15) is 21.7 Å². The molecule has 5 heteroatoms. The zero-order valence-corrected chi connectivity index (χ0v) is 12.0. The molecule has 0 bridgehead atoms. The first-order valence-corrected chi connectivity index (χ1v) is 6.75. The first-order chi connectivity index (χ1) is 10.1. The van der Waals surface area contributed by atoms with Gasteiger partial charge in [-0.15, -0.1) is 0 Å². The minimum atomic E-state index is -0.0960. The summed E-state index contributed by atoms with van der Waals surface area (Å²) in [7, 11) is 1.77. The van der Waals surface area contributed by atoms with Gasteiger partial charge in [0.05, 0.1) is 11.7 Å². The number of fused-ring (bicyclic) bond motifs is 1. The number of rotatable bonds is 3. The number of amides is 1. The predicted octanol–water partition coefficient (Wildman–Crippen LogP) is 2.54. The second kappa shape index (κ2) is 5.36. The number of nitrogens with one attached hydrogen (secondary N) is 1. The molecule has 106 valence electrons. The number of pyridine rings is 1. The van der Waals surface area contributed by atoms with Crippen LogP contribution in [0.5, 0.6) is 0 Å². The summed E-state index contributed by atoms with van der Waals surface area (Å²) in [6.07, 6.45) is 1.74. The highest BCUT2D eigenvalue weighted by atomic mass is 16.2. The average molecular weight is 280 g/mol. The molecule has 0 radical (unpaired) electrons. The van der Waals surface area contributed by atoms with Crippen molar-refractivity contribution < 1.29 is 4.79 Å². The van der Waals surface area contributed by atoms with Crippen LogP contribution in [0.15, 0.2) is 42.6 Å². The van der Waals surface area contributed by atoms with E-state index in [1.807, 2.05) is 37.3 Å². The lowest BCUT2D eigenvalue weighted by Crippen LogP contribution is -2.27. The normalized spacial score (nSPS) is 10.8. The molecular weight excluding hydrogens is 264 g/mol. The van der Waals surface area contributed by atoms with Crippen LogP contribution in [0.2, 0.25) is 0 Å². The van der Waals surface area contributed by atoms with Crippen molar-refractivity contribution in [3.8, 4) is 0 Å². The summed E-state index contributed by atoms with van der Waals surface area (Å²) in [4.78, 5) is 18.5. The van der Waals surface area contributed by atoms with Gasteiger partial charge < -0.3 is 4.90 Å². The van der Waals surface area contributed by atoms with E-state index < -0.39 is 0 Å². The van der Waals surface area contributed by atoms with Gasteiger partial charge in [0.25, 0.3) is 5.91 Å². The molecule has 5 nitrogen and oxygen atoms in total. The monoisotopic (exact) mass is 280 g/mol. The zero-order chi connectivity index (χ0) is 14.8. The molecule has 0 aliphatic rings. The molecule has 1 N–H and O–H groups in total. The van der Waals surface area contributed by atoms with Crippen molar-refractivity contribution in [2.24, 2.45) is 0 Å². The second-order valence-corrected chi connectivity index (χ2v) is 5.07. The number of hydrogen-bond acceptors (Lipinski definition) is 3. The van der Waals surface area contributed by atoms with E-state index in [1.165, 1.54) is 0 Å². The number of aromatic nitrogens is 3. The van der Waals surface area contributed by atoms with Crippen molar-refractivity contribution in [1.29, 1.82) is 0 Å². The molecule has 0 saturated heterocycles. The zero-order valence-electron chi connectivity index (χ0n) is 12.0. The van der Waals surface area contributed by atoms with Crippen LogP contribution in [0.4, 0.5) is 0 Å². The van der Waals surface area contributed by atoms with Crippen LogP contribution in [-0.4, -0.2) is 33.0 Å². The van der Waals surface area contributed by atoms with Gasteiger partial charge >= 0.3 is 0 Å². The Labute approximate surface area is 122 Å². The molecule has 0 fully saturated rings. The van der Waals surface area contributed by atoms with Gasteiger partial charge in [0, 0.05) is 30.2 Å². The summed E-state index contributed by atoms with van der Waals surface area (Å²) >= 11 is 0. The highest BCUT2D eigenvalue weighted by molar-refractivity contribution is 5.94. The molecule has 1 aromatic carbocycles.